The lowest BCUT2D eigenvalue weighted by atomic mass is 9.96. The number of rotatable bonds is 8. The van der Waals surface area contributed by atoms with Crippen molar-refractivity contribution in [3.8, 4) is 0 Å². The molecule has 0 aliphatic carbocycles. The van der Waals surface area contributed by atoms with E-state index in [1.54, 1.807) is 0 Å². The van der Waals surface area contributed by atoms with E-state index in [2.05, 4.69) is 221 Å². The normalized spacial score (nSPS) is 11.1. The Morgan fingerprint density at radius 2 is 0.686 bits per heavy atom. The molecule has 0 saturated heterocycles. The Balaban J connectivity index is 1.16. The minimum absolute atomic E-state index is 1.05. The van der Waals surface area contributed by atoms with Gasteiger partial charge in [0.25, 0.3) is 0 Å². The van der Waals surface area contributed by atoms with Gasteiger partial charge < -0.3 is 15.1 Å². The van der Waals surface area contributed by atoms with Gasteiger partial charge in [0.15, 0.2) is 0 Å². The molecule has 0 aliphatic rings. The fourth-order valence-electron chi connectivity index (χ4n) is 7.24. The molecule has 0 amide bonds. The molecule has 51 heavy (non-hydrogen) atoms. The van der Waals surface area contributed by atoms with E-state index < -0.39 is 0 Å². The second kappa shape index (κ2) is 13.2. The van der Waals surface area contributed by atoms with Gasteiger partial charge in [-0.05, 0) is 83.6 Å². The highest BCUT2D eigenvalue weighted by Crippen LogP contribution is 2.47. The van der Waals surface area contributed by atoms with Gasteiger partial charge in [0, 0.05) is 55.7 Å². The van der Waals surface area contributed by atoms with Gasteiger partial charge in [-0.3, -0.25) is 0 Å². The van der Waals surface area contributed by atoms with E-state index in [-0.39, 0.29) is 0 Å². The molecule has 0 heterocycles. The number of para-hydroxylation sites is 4. The summed E-state index contributed by atoms with van der Waals surface area (Å²) in [5, 5.41) is 10.9. The third-order valence-electron chi connectivity index (χ3n) is 9.54. The first-order chi connectivity index (χ1) is 25.3. The number of hydrogen-bond donors (Lipinski definition) is 1. The van der Waals surface area contributed by atoms with Crippen molar-refractivity contribution < 1.29 is 0 Å². The number of benzene rings is 9. The van der Waals surface area contributed by atoms with Crippen molar-refractivity contribution in [1.82, 2.24) is 0 Å². The van der Waals surface area contributed by atoms with Gasteiger partial charge in [-0.1, -0.05) is 133 Å². The van der Waals surface area contributed by atoms with Gasteiger partial charge in [-0.15, -0.1) is 0 Å². The fraction of sp³-hybridized carbons (Fsp3) is 0. The first-order valence-corrected chi connectivity index (χ1v) is 17.4. The van der Waals surface area contributed by atoms with Gasteiger partial charge in [0.1, 0.15) is 0 Å². The largest absolute Gasteiger partial charge is 0.354 e. The second-order valence-electron chi connectivity index (χ2n) is 12.7. The minimum Gasteiger partial charge on any atom is -0.354 e. The van der Waals surface area contributed by atoms with E-state index in [4.69, 9.17) is 0 Å². The summed E-state index contributed by atoms with van der Waals surface area (Å²) in [5.41, 5.74) is 8.92. The van der Waals surface area contributed by atoms with Gasteiger partial charge in [0.05, 0.1) is 11.4 Å². The number of nitrogens with one attached hydrogen (secondary N) is 1. The molecule has 3 nitrogen and oxygen atoms in total. The summed E-state index contributed by atoms with van der Waals surface area (Å²) in [6.07, 6.45) is 0. The van der Waals surface area contributed by atoms with E-state index >= 15 is 0 Å². The van der Waals surface area contributed by atoms with Crippen LogP contribution in [0.15, 0.2) is 206 Å². The van der Waals surface area contributed by atoms with Crippen LogP contribution in [0.25, 0.3) is 32.3 Å². The van der Waals surface area contributed by atoms with Crippen molar-refractivity contribution >= 4 is 77.8 Å². The van der Waals surface area contributed by atoms with Gasteiger partial charge >= 0.3 is 0 Å². The zero-order chi connectivity index (χ0) is 34.0. The molecular weight excluding hydrogens is 619 g/mol. The average molecular weight is 654 g/mol. The van der Waals surface area contributed by atoms with Crippen LogP contribution in [0, 0.1) is 0 Å². The van der Waals surface area contributed by atoms with Crippen molar-refractivity contribution in [2.45, 2.75) is 0 Å². The van der Waals surface area contributed by atoms with E-state index in [0.29, 0.717) is 0 Å². The number of anilines is 8. The summed E-state index contributed by atoms with van der Waals surface area (Å²) >= 11 is 0. The molecule has 242 valence electrons. The molecule has 0 aromatic heterocycles. The van der Waals surface area contributed by atoms with Crippen molar-refractivity contribution in [3.05, 3.63) is 206 Å². The van der Waals surface area contributed by atoms with Crippen LogP contribution >= 0.6 is 0 Å². The topological polar surface area (TPSA) is 18.5 Å². The molecule has 9 rings (SSSR count). The van der Waals surface area contributed by atoms with Crippen LogP contribution in [0.5, 0.6) is 0 Å². The van der Waals surface area contributed by atoms with E-state index in [9.17, 15) is 0 Å². The van der Waals surface area contributed by atoms with Crippen LogP contribution in [0.4, 0.5) is 45.5 Å². The average Bonchev–Trinajstić information content (AvgIpc) is 3.21. The number of hydrogen-bond acceptors (Lipinski definition) is 3. The first-order valence-electron chi connectivity index (χ1n) is 17.4. The maximum absolute atomic E-state index is 3.89. The molecule has 0 aliphatic heterocycles. The molecular formula is C48H35N3. The lowest BCUT2D eigenvalue weighted by Gasteiger charge is -2.29. The Kier molecular flexibility index (Phi) is 7.84. The van der Waals surface area contributed by atoms with E-state index in [1.165, 1.54) is 32.3 Å². The maximum Gasteiger partial charge on any atom is 0.0619 e. The van der Waals surface area contributed by atoms with Crippen molar-refractivity contribution in [2.24, 2.45) is 0 Å². The molecule has 0 spiro atoms. The van der Waals surface area contributed by atoms with Crippen LogP contribution in [0.2, 0.25) is 0 Å². The highest BCUT2D eigenvalue weighted by atomic mass is 15.1. The number of nitrogens with zero attached hydrogens (tertiary/aromatic N) is 2. The molecule has 9 aromatic carbocycles. The molecule has 0 radical (unpaired) electrons. The predicted molar refractivity (Wildman–Crippen MR) is 218 cm³/mol. The zero-order valence-corrected chi connectivity index (χ0v) is 28.0. The quantitative estimate of drug-likeness (QED) is 0.130. The summed E-state index contributed by atoms with van der Waals surface area (Å²) in [6, 6.07) is 73.3. The molecule has 0 bridgehead atoms. The first kappa shape index (κ1) is 30.2. The Bertz CT molecular complexity index is 2470. The molecule has 0 unspecified atom stereocenters. The minimum atomic E-state index is 1.05. The summed E-state index contributed by atoms with van der Waals surface area (Å²) < 4.78 is 0. The summed E-state index contributed by atoms with van der Waals surface area (Å²) in [5.74, 6) is 0. The Hall–Kier alpha value is -6.84. The predicted octanol–water partition coefficient (Wildman–Crippen LogP) is 13.8. The Morgan fingerprint density at radius 1 is 0.294 bits per heavy atom. The van der Waals surface area contributed by atoms with E-state index in [1.807, 2.05) is 0 Å². The monoisotopic (exact) mass is 653 g/mol. The zero-order valence-electron chi connectivity index (χ0n) is 28.0. The van der Waals surface area contributed by atoms with Crippen LogP contribution in [0.1, 0.15) is 0 Å². The molecule has 0 fully saturated rings. The van der Waals surface area contributed by atoms with Gasteiger partial charge in [0.2, 0.25) is 0 Å². The fourth-order valence-corrected chi connectivity index (χ4v) is 7.24. The Morgan fingerprint density at radius 3 is 1.18 bits per heavy atom. The number of fused-ring (bicyclic) bond motifs is 3. The third kappa shape index (κ3) is 5.71. The molecule has 9 aromatic rings. The third-order valence-corrected chi connectivity index (χ3v) is 9.54. The maximum atomic E-state index is 3.89. The molecule has 0 atom stereocenters. The van der Waals surface area contributed by atoms with Crippen LogP contribution in [-0.4, -0.2) is 0 Å². The summed E-state index contributed by atoms with van der Waals surface area (Å²) in [4.78, 5) is 4.69. The SMILES string of the molecule is c1ccc(N(c2ccccc2)c2ccc3cc(Nc4c5ccccc5c(N(c5ccccc5)c5ccccc5)c5ccccc45)ccc3c2)cc1. The van der Waals surface area contributed by atoms with E-state index in [0.717, 1.165) is 45.5 Å². The highest BCUT2D eigenvalue weighted by molar-refractivity contribution is 6.22. The standard InChI is InChI=1S/C48H35N3/c1-5-17-38(18-6-1)50(39-19-7-2-8-20-39)42-32-30-35-33-37(31-29-36(35)34-42)49-47-43-25-13-15-27-45(43)48(46-28-16-14-26-44(46)47)51(40-21-9-3-10-22-40)41-23-11-4-12-24-41/h1-34,49H. The van der Waals surface area contributed by atoms with Crippen LogP contribution in [0.3, 0.4) is 0 Å². The smallest absolute Gasteiger partial charge is 0.0619 e. The second-order valence-corrected chi connectivity index (χ2v) is 12.7. The highest BCUT2D eigenvalue weighted by Gasteiger charge is 2.21. The van der Waals surface area contributed by atoms with Crippen LogP contribution < -0.4 is 15.1 Å². The molecule has 0 saturated carbocycles. The molecule has 3 heteroatoms. The van der Waals surface area contributed by atoms with Gasteiger partial charge in [-0.2, -0.15) is 0 Å². The lowest BCUT2D eigenvalue weighted by molar-refractivity contribution is 1.29. The van der Waals surface area contributed by atoms with Crippen molar-refractivity contribution in [2.75, 3.05) is 15.1 Å². The molecule has 1 N–H and O–H groups in total. The lowest BCUT2D eigenvalue weighted by Crippen LogP contribution is -2.11. The van der Waals surface area contributed by atoms with Crippen molar-refractivity contribution in [1.29, 1.82) is 0 Å². The van der Waals surface area contributed by atoms with Crippen LogP contribution in [-0.2, 0) is 0 Å². The summed E-state index contributed by atoms with van der Waals surface area (Å²) in [7, 11) is 0. The summed E-state index contributed by atoms with van der Waals surface area (Å²) in [6.45, 7) is 0. The Labute approximate surface area is 298 Å². The van der Waals surface area contributed by atoms with Gasteiger partial charge in [-0.25, -0.2) is 0 Å². The van der Waals surface area contributed by atoms with Crippen molar-refractivity contribution in [3.63, 3.8) is 0 Å².